The van der Waals surface area contributed by atoms with E-state index in [1.165, 1.54) is 89.9 Å². The average Bonchev–Trinajstić information content (AvgIpc) is 3.09. The van der Waals surface area contributed by atoms with Crippen LogP contribution in [-0.4, -0.2) is 41.4 Å². The summed E-state index contributed by atoms with van der Waals surface area (Å²) in [5.41, 5.74) is 0. The third-order valence-electron chi connectivity index (χ3n) is 10.6. The van der Waals surface area contributed by atoms with Gasteiger partial charge in [0.2, 0.25) is 0 Å². The molecule has 0 aliphatic heterocycles. The van der Waals surface area contributed by atoms with E-state index in [0.717, 1.165) is 82.8 Å². The average molecular weight is 709 g/mol. The highest BCUT2D eigenvalue weighted by atomic mass is 32.2. The van der Waals surface area contributed by atoms with E-state index in [-0.39, 0.29) is 18.0 Å². The first-order valence-electron chi connectivity index (χ1n) is 21.4. The van der Waals surface area contributed by atoms with E-state index >= 15 is 0 Å². The molecule has 1 rings (SSSR count). The van der Waals surface area contributed by atoms with Gasteiger partial charge in [0.15, 0.2) is 0 Å². The maximum absolute atomic E-state index is 13.1. The van der Waals surface area contributed by atoms with Gasteiger partial charge in [0.05, 0.1) is 6.61 Å². The predicted molar refractivity (Wildman–Crippen MR) is 210 cm³/mol. The van der Waals surface area contributed by atoms with Gasteiger partial charge in [-0.25, -0.2) is 0 Å². The van der Waals surface area contributed by atoms with Crippen molar-refractivity contribution in [2.75, 3.05) is 12.4 Å². The maximum Gasteiger partial charge on any atom is 0.306 e. The molecule has 0 spiro atoms. The molecule has 0 saturated heterocycles. The Bertz CT molecular complexity index is 801. The minimum Gasteiger partial charge on any atom is -0.466 e. The number of ether oxygens (including phenoxy) is 2. The van der Waals surface area contributed by atoms with Gasteiger partial charge in [-0.1, -0.05) is 137 Å². The largest absolute Gasteiger partial charge is 0.466 e. The van der Waals surface area contributed by atoms with Crippen LogP contribution < -0.4 is 0 Å². The lowest BCUT2D eigenvalue weighted by molar-refractivity contribution is -0.150. The van der Waals surface area contributed by atoms with E-state index in [9.17, 15) is 14.4 Å². The molecule has 2 unspecified atom stereocenters. The predicted octanol–water partition coefficient (Wildman–Crippen LogP) is 13.1. The molecule has 1 saturated carbocycles. The summed E-state index contributed by atoms with van der Waals surface area (Å²) in [4.78, 5) is 37.9. The van der Waals surface area contributed by atoms with E-state index in [1.807, 2.05) is 11.8 Å². The lowest BCUT2D eigenvalue weighted by Crippen LogP contribution is -2.32. The molecule has 6 heteroatoms. The third kappa shape index (κ3) is 26.4. The van der Waals surface area contributed by atoms with Crippen LogP contribution in [-0.2, 0) is 23.9 Å². The van der Waals surface area contributed by atoms with Crippen LogP contribution in [0.15, 0.2) is 0 Å². The summed E-state index contributed by atoms with van der Waals surface area (Å²) in [5, 5.41) is 0.422. The second-order valence-electron chi connectivity index (χ2n) is 15.2. The van der Waals surface area contributed by atoms with Gasteiger partial charge in [-0.05, 0) is 75.4 Å². The Balaban J connectivity index is 2.48. The summed E-state index contributed by atoms with van der Waals surface area (Å²) in [6, 6.07) is 0. The Kier molecular flexibility index (Phi) is 30.8. The van der Waals surface area contributed by atoms with Crippen molar-refractivity contribution in [3.05, 3.63) is 0 Å². The second-order valence-corrected chi connectivity index (χ2v) is 16.5. The number of carbonyl (C=O) groups excluding carboxylic acids is 3. The molecule has 1 aliphatic carbocycles. The van der Waals surface area contributed by atoms with Crippen molar-refractivity contribution in [1.29, 1.82) is 0 Å². The number of ketones is 1. The van der Waals surface area contributed by atoms with Crippen LogP contribution in [0.4, 0.5) is 0 Å². The molecule has 5 nitrogen and oxygen atoms in total. The van der Waals surface area contributed by atoms with E-state index in [0.29, 0.717) is 55.2 Å². The minimum atomic E-state index is -0.0552. The lowest BCUT2D eigenvalue weighted by Gasteiger charge is -2.31. The molecule has 0 N–H and O–H groups in total. The fraction of sp³-hybridized carbons (Fsp3) is 0.930. The van der Waals surface area contributed by atoms with Crippen LogP contribution in [0.1, 0.15) is 220 Å². The zero-order chi connectivity index (χ0) is 35.8. The molecule has 0 aromatic carbocycles. The van der Waals surface area contributed by atoms with Crippen LogP contribution in [0.25, 0.3) is 0 Å². The SMILES string of the molecule is CCCCCCCC(=O)OCCC(CCCCC)CCC(=O)CCC(CCCCC)CCS[C@@H]1CCCC[C@H]1OC(=O)CCCCCCC. The van der Waals surface area contributed by atoms with Crippen molar-refractivity contribution < 1.29 is 23.9 Å². The van der Waals surface area contributed by atoms with Gasteiger partial charge < -0.3 is 9.47 Å². The van der Waals surface area contributed by atoms with Crippen LogP contribution in [0.5, 0.6) is 0 Å². The van der Waals surface area contributed by atoms with Crippen LogP contribution in [0.3, 0.4) is 0 Å². The highest BCUT2D eigenvalue weighted by Crippen LogP contribution is 2.33. The number of unbranched alkanes of at least 4 members (excludes halogenated alkanes) is 12. The number of rotatable bonds is 34. The monoisotopic (exact) mass is 709 g/mol. The number of hydrogen-bond donors (Lipinski definition) is 0. The molecule has 288 valence electrons. The van der Waals surface area contributed by atoms with Crippen molar-refractivity contribution in [3.8, 4) is 0 Å². The van der Waals surface area contributed by atoms with Gasteiger partial charge >= 0.3 is 11.9 Å². The third-order valence-corrected chi connectivity index (χ3v) is 12.1. The molecule has 1 fully saturated rings. The maximum atomic E-state index is 13.1. The van der Waals surface area contributed by atoms with Gasteiger partial charge in [0.25, 0.3) is 0 Å². The normalized spacial score (nSPS) is 17.5. The summed E-state index contributed by atoms with van der Waals surface area (Å²) in [5.74, 6) is 2.51. The summed E-state index contributed by atoms with van der Waals surface area (Å²) in [7, 11) is 0. The smallest absolute Gasteiger partial charge is 0.306 e. The lowest BCUT2D eigenvalue weighted by atomic mass is 9.89. The van der Waals surface area contributed by atoms with E-state index in [2.05, 4.69) is 27.7 Å². The molecule has 0 heterocycles. The molecule has 0 aromatic heterocycles. The molecule has 0 amide bonds. The minimum absolute atomic E-state index is 0.00624. The van der Waals surface area contributed by atoms with E-state index in [4.69, 9.17) is 9.47 Å². The van der Waals surface area contributed by atoms with Crippen molar-refractivity contribution in [2.45, 2.75) is 232 Å². The summed E-state index contributed by atoms with van der Waals surface area (Å²) in [6.07, 6.45) is 32.2. The zero-order valence-electron chi connectivity index (χ0n) is 32.9. The summed E-state index contributed by atoms with van der Waals surface area (Å²) < 4.78 is 11.6. The van der Waals surface area contributed by atoms with Crippen molar-refractivity contribution in [2.24, 2.45) is 11.8 Å². The van der Waals surface area contributed by atoms with Crippen molar-refractivity contribution in [3.63, 3.8) is 0 Å². The molecular weight excluding hydrogens is 629 g/mol. The van der Waals surface area contributed by atoms with Crippen molar-refractivity contribution >= 4 is 29.5 Å². The summed E-state index contributed by atoms with van der Waals surface area (Å²) in [6.45, 7) is 9.41. The molecule has 4 atom stereocenters. The Morgan fingerprint density at radius 3 is 1.65 bits per heavy atom. The standard InChI is InChI=1S/C43H80O5S/c1-5-9-13-15-19-27-42(45)47-35-33-37(23-17-11-7-3)29-31-39(44)32-30-38(24-18-12-8-4)34-36-49-41-26-22-21-25-40(41)48-43(46)28-20-16-14-10-6-2/h37-38,40-41H,5-36H2,1-4H3/t37?,38?,40-,41-/m1/s1. The number of thioether (sulfide) groups is 1. The Morgan fingerprint density at radius 2 is 1.06 bits per heavy atom. The molecule has 0 bridgehead atoms. The first kappa shape index (κ1) is 46.0. The molecule has 1 aliphatic rings. The molecular formula is C43H80O5S. The molecule has 0 radical (unpaired) electrons. The quantitative estimate of drug-likeness (QED) is 0.0489. The van der Waals surface area contributed by atoms with Gasteiger partial charge in [-0.15, -0.1) is 0 Å². The second kappa shape index (κ2) is 32.8. The molecule has 49 heavy (non-hydrogen) atoms. The zero-order valence-corrected chi connectivity index (χ0v) is 33.7. The topological polar surface area (TPSA) is 69.7 Å². The van der Waals surface area contributed by atoms with E-state index < -0.39 is 0 Å². The van der Waals surface area contributed by atoms with Crippen LogP contribution in [0.2, 0.25) is 0 Å². The number of Topliss-reactive ketones (excluding diaryl/α,β-unsaturated/α-hetero) is 1. The number of esters is 2. The fourth-order valence-electron chi connectivity index (χ4n) is 7.25. The van der Waals surface area contributed by atoms with E-state index in [1.54, 1.807) is 0 Å². The fourth-order valence-corrected chi connectivity index (χ4v) is 8.76. The van der Waals surface area contributed by atoms with Crippen molar-refractivity contribution in [1.82, 2.24) is 0 Å². The first-order valence-corrected chi connectivity index (χ1v) is 22.5. The van der Waals surface area contributed by atoms with Gasteiger partial charge in [0.1, 0.15) is 11.9 Å². The summed E-state index contributed by atoms with van der Waals surface area (Å²) >= 11 is 2.03. The van der Waals surface area contributed by atoms with Crippen LogP contribution in [0, 0.1) is 11.8 Å². The van der Waals surface area contributed by atoms with Gasteiger partial charge in [-0.3, -0.25) is 14.4 Å². The Morgan fingerprint density at radius 1 is 0.551 bits per heavy atom. The highest BCUT2D eigenvalue weighted by Gasteiger charge is 2.29. The van der Waals surface area contributed by atoms with Gasteiger partial charge in [0, 0.05) is 30.9 Å². The van der Waals surface area contributed by atoms with Gasteiger partial charge in [-0.2, -0.15) is 11.8 Å². The number of hydrogen-bond acceptors (Lipinski definition) is 6. The first-order chi connectivity index (χ1) is 23.9. The molecule has 0 aromatic rings. The number of carbonyl (C=O) groups is 3. The Labute approximate surface area is 308 Å². The van der Waals surface area contributed by atoms with Crippen LogP contribution >= 0.6 is 11.8 Å². The Hall–Kier alpha value is -1.04. The highest BCUT2D eigenvalue weighted by molar-refractivity contribution is 7.99.